The van der Waals surface area contributed by atoms with Crippen molar-refractivity contribution < 1.29 is 18.7 Å². The van der Waals surface area contributed by atoms with Crippen molar-refractivity contribution in [1.82, 2.24) is 20.9 Å². The highest BCUT2D eigenvalue weighted by Gasteiger charge is 2.21. The first kappa shape index (κ1) is 21.9. The molecule has 156 valence electrons. The quantitative estimate of drug-likeness (QED) is 0.303. The molecule has 1 fully saturated rings. The molecule has 1 aromatic carbocycles. The Balaban J connectivity index is 1.76. The number of nitrogens with zero attached hydrogens (tertiary/aromatic N) is 2. The Kier molecular flexibility index (Phi) is 8.93. The number of hydrogen-bond acceptors (Lipinski definition) is 4. The van der Waals surface area contributed by atoms with Crippen LogP contribution in [0.1, 0.15) is 30.1 Å². The molecule has 2 rings (SSSR count). The number of carbonyl (C=O) groups is 1. The number of amides is 1. The van der Waals surface area contributed by atoms with Crippen molar-refractivity contribution >= 4 is 11.9 Å². The predicted molar refractivity (Wildman–Crippen MR) is 105 cm³/mol. The van der Waals surface area contributed by atoms with Crippen LogP contribution in [0.25, 0.3) is 0 Å². The van der Waals surface area contributed by atoms with Crippen molar-refractivity contribution in [2.45, 2.75) is 32.2 Å². The summed E-state index contributed by atoms with van der Waals surface area (Å²) in [7, 11) is 0. The molecule has 0 saturated carbocycles. The molecule has 28 heavy (non-hydrogen) atoms. The van der Waals surface area contributed by atoms with E-state index in [1.807, 2.05) is 6.92 Å². The van der Waals surface area contributed by atoms with E-state index in [1.165, 1.54) is 6.07 Å². The normalized spacial score (nSPS) is 16.2. The molecule has 0 aliphatic carbocycles. The number of aromatic hydroxyl groups is 1. The van der Waals surface area contributed by atoms with Crippen molar-refractivity contribution in [2.75, 3.05) is 39.3 Å². The molecule has 1 aliphatic heterocycles. The minimum absolute atomic E-state index is 0.0586. The number of alkyl halides is 2. The largest absolute Gasteiger partial charge is 0.507 e. The maximum Gasteiger partial charge on any atom is 0.255 e. The highest BCUT2D eigenvalue weighted by Crippen LogP contribution is 2.15. The van der Waals surface area contributed by atoms with Gasteiger partial charge in [-0.1, -0.05) is 12.1 Å². The molecule has 1 saturated heterocycles. The van der Waals surface area contributed by atoms with E-state index in [1.54, 1.807) is 23.1 Å². The van der Waals surface area contributed by atoms with Gasteiger partial charge in [0.25, 0.3) is 12.3 Å². The van der Waals surface area contributed by atoms with Crippen LogP contribution >= 0.6 is 0 Å². The number of likely N-dealkylation sites (tertiary alicyclic amines) is 1. The van der Waals surface area contributed by atoms with Crippen LogP contribution in [0.3, 0.4) is 0 Å². The van der Waals surface area contributed by atoms with Gasteiger partial charge in [-0.25, -0.2) is 8.78 Å². The van der Waals surface area contributed by atoms with Gasteiger partial charge in [-0.3, -0.25) is 14.7 Å². The number of halogens is 2. The molecule has 1 heterocycles. The van der Waals surface area contributed by atoms with Crippen LogP contribution in [0.15, 0.2) is 29.3 Å². The first-order valence-electron chi connectivity index (χ1n) is 9.61. The third-order valence-electron chi connectivity index (χ3n) is 4.48. The highest BCUT2D eigenvalue weighted by molar-refractivity contribution is 5.96. The van der Waals surface area contributed by atoms with Crippen LogP contribution in [0, 0.1) is 0 Å². The smallest absolute Gasteiger partial charge is 0.255 e. The lowest BCUT2D eigenvalue weighted by Gasteiger charge is -2.32. The number of para-hydroxylation sites is 1. The predicted octanol–water partition coefficient (Wildman–Crippen LogP) is 1.41. The molecular weight excluding hydrogens is 368 g/mol. The number of nitrogens with one attached hydrogen (secondary N) is 3. The molecule has 9 heteroatoms. The third-order valence-corrected chi connectivity index (χ3v) is 4.48. The molecule has 0 radical (unpaired) electrons. The Bertz CT molecular complexity index is 649. The number of aliphatic imine (C=N–C) groups is 1. The van der Waals surface area contributed by atoms with Gasteiger partial charge >= 0.3 is 0 Å². The SMILES string of the molecule is CCNC(=NCCNC(=O)c1ccccc1O)NC1CCN(CC(F)F)CC1. The summed E-state index contributed by atoms with van der Waals surface area (Å²) in [6.45, 7) is 4.46. The van der Waals surface area contributed by atoms with Gasteiger partial charge in [0.1, 0.15) is 5.75 Å². The summed E-state index contributed by atoms with van der Waals surface area (Å²) in [6, 6.07) is 6.55. The maximum absolute atomic E-state index is 12.5. The van der Waals surface area contributed by atoms with Gasteiger partial charge in [-0.15, -0.1) is 0 Å². The molecular formula is C19H29F2N5O2. The Hall–Kier alpha value is -2.42. The standard InChI is InChI=1S/C19H29F2N5O2/c1-2-22-19(25-14-7-11-26(12-8-14)13-17(20)21)24-10-9-23-18(28)15-5-3-4-6-16(15)27/h3-6,14,17,27H,2,7-13H2,1H3,(H,23,28)(H2,22,24,25). The summed E-state index contributed by atoms with van der Waals surface area (Å²) in [5, 5.41) is 18.9. The van der Waals surface area contributed by atoms with E-state index in [9.17, 15) is 18.7 Å². The minimum atomic E-state index is -2.30. The molecule has 7 nitrogen and oxygen atoms in total. The number of piperidine rings is 1. The van der Waals surface area contributed by atoms with Gasteiger partial charge in [0.15, 0.2) is 5.96 Å². The zero-order chi connectivity index (χ0) is 20.4. The molecule has 0 aromatic heterocycles. The number of guanidine groups is 1. The van der Waals surface area contributed by atoms with E-state index in [0.29, 0.717) is 38.7 Å². The second kappa shape index (κ2) is 11.4. The molecule has 0 bridgehead atoms. The van der Waals surface area contributed by atoms with Gasteiger partial charge < -0.3 is 21.1 Å². The summed E-state index contributed by atoms with van der Waals surface area (Å²) in [6.07, 6.45) is -0.737. The van der Waals surface area contributed by atoms with Gasteiger partial charge in [0, 0.05) is 32.2 Å². The Morgan fingerprint density at radius 2 is 2.00 bits per heavy atom. The Labute approximate surface area is 164 Å². The Morgan fingerprint density at radius 1 is 1.29 bits per heavy atom. The number of benzene rings is 1. The van der Waals surface area contributed by atoms with E-state index in [-0.39, 0.29) is 29.8 Å². The molecule has 1 amide bonds. The van der Waals surface area contributed by atoms with Crippen LogP contribution in [0.2, 0.25) is 0 Å². The van der Waals surface area contributed by atoms with Crippen molar-refractivity contribution in [1.29, 1.82) is 0 Å². The molecule has 4 N–H and O–H groups in total. The van der Waals surface area contributed by atoms with Crippen LogP contribution in [0.4, 0.5) is 8.78 Å². The monoisotopic (exact) mass is 397 g/mol. The Morgan fingerprint density at radius 3 is 2.64 bits per heavy atom. The van der Waals surface area contributed by atoms with Gasteiger partial charge in [-0.2, -0.15) is 0 Å². The summed E-state index contributed by atoms with van der Waals surface area (Å²) >= 11 is 0. The van der Waals surface area contributed by atoms with Crippen molar-refractivity contribution in [3.63, 3.8) is 0 Å². The van der Waals surface area contributed by atoms with Gasteiger partial charge in [0.05, 0.1) is 18.7 Å². The zero-order valence-electron chi connectivity index (χ0n) is 16.1. The van der Waals surface area contributed by atoms with E-state index in [4.69, 9.17) is 0 Å². The minimum Gasteiger partial charge on any atom is -0.507 e. The second-order valence-electron chi connectivity index (χ2n) is 6.64. The lowest BCUT2D eigenvalue weighted by Crippen LogP contribution is -2.49. The van der Waals surface area contributed by atoms with Crippen LogP contribution in [-0.4, -0.2) is 73.6 Å². The summed E-state index contributed by atoms with van der Waals surface area (Å²) in [4.78, 5) is 18.3. The lowest BCUT2D eigenvalue weighted by molar-refractivity contribution is 0.0744. The number of phenols is 1. The molecule has 0 spiro atoms. The third kappa shape index (κ3) is 7.30. The van der Waals surface area contributed by atoms with Crippen molar-refractivity contribution in [2.24, 2.45) is 4.99 Å². The highest BCUT2D eigenvalue weighted by atomic mass is 19.3. The second-order valence-corrected chi connectivity index (χ2v) is 6.64. The molecule has 0 unspecified atom stereocenters. The van der Waals surface area contributed by atoms with Crippen LogP contribution in [0.5, 0.6) is 5.75 Å². The van der Waals surface area contributed by atoms with E-state index in [2.05, 4.69) is 20.9 Å². The van der Waals surface area contributed by atoms with Crippen molar-refractivity contribution in [3.8, 4) is 5.75 Å². The maximum atomic E-state index is 12.5. The van der Waals surface area contributed by atoms with E-state index in [0.717, 1.165) is 12.8 Å². The fourth-order valence-corrected chi connectivity index (χ4v) is 3.07. The molecule has 1 aliphatic rings. The first-order valence-corrected chi connectivity index (χ1v) is 9.61. The molecule has 1 aromatic rings. The van der Waals surface area contributed by atoms with E-state index >= 15 is 0 Å². The zero-order valence-corrected chi connectivity index (χ0v) is 16.1. The van der Waals surface area contributed by atoms with Gasteiger partial charge in [-0.05, 0) is 31.9 Å². The summed E-state index contributed by atoms with van der Waals surface area (Å²) in [5.41, 5.74) is 0.229. The van der Waals surface area contributed by atoms with Gasteiger partial charge in [0.2, 0.25) is 0 Å². The van der Waals surface area contributed by atoms with Crippen LogP contribution in [-0.2, 0) is 0 Å². The summed E-state index contributed by atoms with van der Waals surface area (Å²) in [5.74, 6) is 0.237. The fourth-order valence-electron chi connectivity index (χ4n) is 3.07. The molecule has 0 atom stereocenters. The number of rotatable bonds is 8. The average molecular weight is 397 g/mol. The fraction of sp³-hybridized carbons (Fsp3) is 0.579. The van der Waals surface area contributed by atoms with E-state index < -0.39 is 6.43 Å². The average Bonchev–Trinajstić information content (AvgIpc) is 2.66. The number of carbonyl (C=O) groups excluding carboxylic acids is 1. The summed E-state index contributed by atoms with van der Waals surface area (Å²) < 4.78 is 24.9. The number of phenolic OH excluding ortho intramolecular Hbond substituents is 1. The van der Waals surface area contributed by atoms with Crippen molar-refractivity contribution in [3.05, 3.63) is 29.8 Å². The van der Waals surface area contributed by atoms with Crippen LogP contribution < -0.4 is 16.0 Å². The lowest BCUT2D eigenvalue weighted by atomic mass is 10.1. The first-order chi connectivity index (χ1) is 13.5. The number of hydrogen-bond donors (Lipinski definition) is 4. The topological polar surface area (TPSA) is 89.0 Å².